The molecule has 2 heterocycles. The lowest BCUT2D eigenvalue weighted by Crippen LogP contribution is -2.42. The van der Waals surface area contributed by atoms with Crippen LogP contribution >= 0.6 is 15.9 Å². The van der Waals surface area contributed by atoms with E-state index < -0.39 is 0 Å². The molecule has 1 aliphatic heterocycles. The Balaban J connectivity index is 1.80. The average Bonchev–Trinajstić information content (AvgIpc) is 2.71. The predicted octanol–water partition coefficient (Wildman–Crippen LogP) is 7.08. The fourth-order valence-corrected chi connectivity index (χ4v) is 5.02. The SMILES string of the molecule is C[C@@H]1C[C@@H](C)CN(C(=O)c2cc(-c3ccc(C(C)(C)C)cc3)nc3ccc(Br)cc23)C1. The summed E-state index contributed by atoms with van der Waals surface area (Å²) >= 11 is 3.57. The van der Waals surface area contributed by atoms with Gasteiger partial charge in [-0.1, -0.05) is 74.8 Å². The summed E-state index contributed by atoms with van der Waals surface area (Å²) < 4.78 is 0.957. The highest BCUT2D eigenvalue weighted by Gasteiger charge is 2.27. The normalized spacial score (nSPS) is 19.6. The van der Waals surface area contributed by atoms with Crippen LogP contribution in [0.5, 0.6) is 0 Å². The highest BCUT2D eigenvalue weighted by molar-refractivity contribution is 9.10. The minimum atomic E-state index is 0.102. The summed E-state index contributed by atoms with van der Waals surface area (Å²) in [5.74, 6) is 1.16. The summed E-state index contributed by atoms with van der Waals surface area (Å²) in [6.07, 6.45) is 1.18. The quantitative estimate of drug-likeness (QED) is 0.394. The minimum Gasteiger partial charge on any atom is -0.338 e. The molecule has 162 valence electrons. The van der Waals surface area contributed by atoms with E-state index in [1.807, 2.05) is 29.2 Å². The van der Waals surface area contributed by atoms with Crippen LogP contribution in [-0.4, -0.2) is 28.9 Å². The fraction of sp³-hybridized carbons (Fsp3) is 0.407. The standard InChI is InChI=1S/C27H31BrN2O/c1-17-12-18(2)16-30(15-17)26(31)23-14-25(29-24-11-10-21(28)13-22(23)24)19-6-8-20(9-7-19)27(3,4)5/h6-11,13-14,17-18H,12,15-16H2,1-5H3/t17-,18-/m1/s1. The number of carbonyl (C=O) groups excluding carboxylic acids is 1. The van der Waals surface area contributed by atoms with Gasteiger partial charge in [-0.2, -0.15) is 0 Å². The van der Waals surface area contributed by atoms with Gasteiger partial charge in [-0.05, 0) is 53.5 Å². The van der Waals surface area contributed by atoms with Crippen molar-refractivity contribution in [2.45, 2.75) is 46.5 Å². The lowest BCUT2D eigenvalue weighted by atomic mass is 9.86. The van der Waals surface area contributed by atoms with Crippen molar-refractivity contribution in [1.29, 1.82) is 0 Å². The summed E-state index contributed by atoms with van der Waals surface area (Å²) in [6, 6.07) is 16.5. The molecule has 4 rings (SSSR count). The Morgan fingerprint density at radius 2 is 1.65 bits per heavy atom. The van der Waals surface area contributed by atoms with E-state index in [2.05, 4.69) is 74.8 Å². The number of benzene rings is 2. The molecular weight excluding hydrogens is 448 g/mol. The van der Waals surface area contributed by atoms with Gasteiger partial charge in [0.15, 0.2) is 0 Å². The third-order valence-electron chi connectivity index (χ3n) is 6.20. The molecule has 1 amide bonds. The van der Waals surface area contributed by atoms with Gasteiger partial charge in [-0.15, -0.1) is 0 Å². The van der Waals surface area contributed by atoms with Gasteiger partial charge in [0.25, 0.3) is 5.91 Å². The first-order chi connectivity index (χ1) is 14.6. The van der Waals surface area contributed by atoms with Gasteiger partial charge in [0.2, 0.25) is 0 Å². The van der Waals surface area contributed by atoms with Crippen LogP contribution in [0, 0.1) is 11.8 Å². The third kappa shape index (κ3) is 4.69. The molecule has 0 aliphatic carbocycles. The Bertz CT molecular complexity index is 1100. The molecule has 1 saturated heterocycles. The number of carbonyl (C=O) groups is 1. The van der Waals surface area contributed by atoms with E-state index in [0.29, 0.717) is 11.8 Å². The van der Waals surface area contributed by atoms with Crippen molar-refractivity contribution in [2.24, 2.45) is 11.8 Å². The molecule has 1 aliphatic rings. The molecule has 1 fully saturated rings. The van der Waals surface area contributed by atoms with Gasteiger partial charge in [0, 0.05) is 28.5 Å². The molecule has 3 nitrogen and oxygen atoms in total. The van der Waals surface area contributed by atoms with Crippen molar-refractivity contribution in [1.82, 2.24) is 9.88 Å². The molecule has 0 saturated carbocycles. The first kappa shape index (κ1) is 22.0. The van der Waals surface area contributed by atoms with Crippen molar-refractivity contribution in [3.8, 4) is 11.3 Å². The fourth-order valence-electron chi connectivity index (χ4n) is 4.66. The first-order valence-electron chi connectivity index (χ1n) is 11.1. The molecule has 2 aromatic carbocycles. The number of nitrogens with zero attached hydrogens (tertiary/aromatic N) is 2. The van der Waals surface area contributed by atoms with E-state index in [-0.39, 0.29) is 11.3 Å². The minimum absolute atomic E-state index is 0.102. The number of hydrogen-bond acceptors (Lipinski definition) is 2. The molecule has 0 N–H and O–H groups in total. The number of aromatic nitrogens is 1. The Hall–Kier alpha value is -2.20. The van der Waals surface area contributed by atoms with Gasteiger partial charge in [-0.3, -0.25) is 4.79 Å². The van der Waals surface area contributed by atoms with Gasteiger partial charge in [0.1, 0.15) is 0 Å². The molecule has 3 aromatic rings. The van der Waals surface area contributed by atoms with Crippen LogP contribution in [0.3, 0.4) is 0 Å². The highest BCUT2D eigenvalue weighted by atomic mass is 79.9. The summed E-state index contributed by atoms with van der Waals surface area (Å²) in [5, 5.41) is 0.903. The predicted molar refractivity (Wildman–Crippen MR) is 132 cm³/mol. The Labute approximate surface area is 194 Å². The smallest absolute Gasteiger partial charge is 0.254 e. The summed E-state index contributed by atoms with van der Waals surface area (Å²) in [6.45, 7) is 12.7. The second-order valence-electron chi connectivity index (χ2n) is 10.2. The van der Waals surface area contributed by atoms with Crippen LogP contribution in [0.25, 0.3) is 22.2 Å². The molecule has 31 heavy (non-hydrogen) atoms. The largest absolute Gasteiger partial charge is 0.338 e. The summed E-state index contributed by atoms with van der Waals surface area (Å²) in [7, 11) is 0. The molecule has 4 heteroatoms. The molecule has 1 aromatic heterocycles. The monoisotopic (exact) mass is 478 g/mol. The van der Waals surface area contributed by atoms with Gasteiger partial charge < -0.3 is 4.90 Å². The van der Waals surface area contributed by atoms with E-state index in [9.17, 15) is 4.79 Å². The molecule has 0 radical (unpaired) electrons. The number of rotatable bonds is 2. The second-order valence-corrected chi connectivity index (χ2v) is 11.1. The highest BCUT2D eigenvalue weighted by Crippen LogP contribution is 2.31. The second kappa shape index (κ2) is 8.38. The zero-order valence-electron chi connectivity index (χ0n) is 19.1. The van der Waals surface area contributed by atoms with Crippen LogP contribution in [0.15, 0.2) is 53.0 Å². The van der Waals surface area contributed by atoms with Crippen molar-refractivity contribution in [3.63, 3.8) is 0 Å². The van der Waals surface area contributed by atoms with Crippen LogP contribution in [0.1, 0.15) is 57.0 Å². The number of amides is 1. The molecular formula is C27H31BrN2O. The van der Waals surface area contributed by atoms with Crippen molar-refractivity contribution in [3.05, 3.63) is 64.1 Å². The Morgan fingerprint density at radius 1 is 1.00 bits per heavy atom. The van der Waals surface area contributed by atoms with Crippen molar-refractivity contribution in [2.75, 3.05) is 13.1 Å². The molecule has 0 bridgehead atoms. The van der Waals surface area contributed by atoms with Crippen LogP contribution in [0.4, 0.5) is 0 Å². The molecule has 0 unspecified atom stereocenters. The molecule has 0 spiro atoms. The lowest BCUT2D eigenvalue weighted by Gasteiger charge is -2.35. The van der Waals surface area contributed by atoms with E-state index in [1.165, 1.54) is 12.0 Å². The number of halogens is 1. The van der Waals surface area contributed by atoms with Crippen LogP contribution in [-0.2, 0) is 5.41 Å². The maximum absolute atomic E-state index is 13.7. The summed E-state index contributed by atoms with van der Waals surface area (Å²) in [5.41, 5.74) is 4.85. The zero-order chi connectivity index (χ0) is 22.3. The van der Waals surface area contributed by atoms with Gasteiger partial charge in [-0.25, -0.2) is 4.98 Å². The number of piperidine rings is 1. The maximum atomic E-state index is 13.7. The van der Waals surface area contributed by atoms with Crippen molar-refractivity contribution < 1.29 is 4.79 Å². The number of hydrogen-bond donors (Lipinski definition) is 0. The average molecular weight is 479 g/mol. The first-order valence-corrected chi connectivity index (χ1v) is 11.9. The zero-order valence-corrected chi connectivity index (χ0v) is 20.7. The van der Waals surface area contributed by atoms with Crippen molar-refractivity contribution >= 4 is 32.7 Å². The van der Waals surface area contributed by atoms with E-state index in [4.69, 9.17) is 4.98 Å². The lowest BCUT2D eigenvalue weighted by molar-refractivity contribution is 0.0625. The van der Waals surface area contributed by atoms with E-state index >= 15 is 0 Å². The Kier molecular flexibility index (Phi) is 5.95. The number of likely N-dealkylation sites (tertiary alicyclic amines) is 1. The van der Waals surface area contributed by atoms with E-state index in [0.717, 1.165) is 45.3 Å². The topological polar surface area (TPSA) is 33.2 Å². The van der Waals surface area contributed by atoms with Gasteiger partial charge >= 0.3 is 0 Å². The number of pyridine rings is 1. The molecule has 2 atom stereocenters. The maximum Gasteiger partial charge on any atom is 0.254 e. The number of fused-ring (bicyclic) bond motifs is 1. The third-order valence-corrected chi connectivity index (χ3v) is 6.70. The summed E-state index contributed by atoms with van der Waals surface area (Å²) in [4.78, 5) is 20.6. The van der Waals surface area contributed by atoms with E-state index in [1.54, 1.807) is 0 Å². The van der Waals surface area contributed by atoms with Gasteiger partial charge in [0.05, 0.1) is 16.8 Å². The Morgan fingerprint density at radius 3 is 2.26 bits per heavy atom. The van der Waals surface area contributed by atoms with Crippen LogP contribution in [0.2, 0.25) is 0 Å². The van der Waals surface area contributed by atoms with Crippen LogP contribution < -0.4 is 0 Å².